The van der Waals surface area contributed by atoms with E-state index in [-0.39, 0.29) is 12.2 Å². The molecule has 0 spiro atoms. The van der Waals surface area contributed by atoms with Crippen LogP contribution >= 0.6 is 11.3 Å². The molecule has 5 atom stereocenters. The van der Waals surface area contributed by atoms with Crippen molar-refractivity contribution in [3.63, 3.8) is 0 Å². The standard InChI is InChI=1S/C26H39NO6S/c1-15-8-9-21(16(2)12-20-14-34-19(5)27-20)33-23(29)13-22(28)26(6,7)25(31)17(3)24(30)18(4)32-11-10-15/h8,12,14,17-18,21-22,24,28,30H,9-11,13H2,1-7H3/b15-8-,16-12+/t17-,18+,21?,22+,24+/m1/s1. The summed E-state index contributed by atoms with van der Waals surface area (Å²) in [6, 6.07) is 0. The third-order valence-corrected chi connectivity index (χ3v) is 7.38. The van der Waals surface area contributed by atoms with Crippen molar-refractivity contribution in [2.24, 2.45) is 11.3 Å². The number of hydrogen-bond donors (Lipinski definition) is 2. The summed E-state index contributed by atoms with van der Waals surface area (Å²) >= 11 is 1.55. The highest BCUT2D eigenvalue weighted by atomic mass is 32.1. The van der Waals surface area contributed by atoms with Crippen molar-refractivity contribution in [3.8, 4) is 0 Å². The molecule has 0 saturated heterocycles. The van der Waals surface area contributed by atoms with Gasteiger partial charge in [0, 0.05) is 17.7 Å². The number of esters is 1. The van der Waals surface area contributed by atoms with Gasteiger partial charge in [-0.05, 0) is 45.8 Å². The predicted octanol–water partition coefficient (Wildman–Crippen LogP) is 4.26. The molecule has 0 amide bonds. The van der Waals surface area contributed by atoms with E-state index in [2.05, 4.69) is 4.98 Å². The number of carbonyl (C=O) groups excluding carboxylic acids is 2. The lowest BCUT2D eigenvalue weighted by Gasteiger charge is -2.34. The molecule has 0 aromatic carbocycles. The Labute approximate surface area is 206 Å². The maximum atomic E-state index is 13.1. The average Bonchev–Trinajstić information content (AvgIpc) is 3.18. The molecule has 1 unspecified atom stereocenters. The van der Waals surface area contributed by atoms with E-state index in [0.717, 1.165) is 21.8 Å². The Morgan fingerprint density at radius 1 is 1.24 bits per heavy atom. The summed E-state index contributed by atoms with van der Waals surface area (Å²) in [4.78, 5) is 30.4. The van der Waals surface area contributed by atoms with Gasteiger partial charge in [0.15, 0.2) is 0 Å². The third kappa shape index (κ3) is 7.57. The lowest BCUT2D eigenvalue weighted by Crippen LogP contribution is -2.47. The number of thiazole rings is 1. The predicted molar refractivity (Wildman–Crippen MR) is 133 cm³/mol. The SMILES string of the molecule is C/C1=C/CC(/C(C)=C/c2csc(C)n2)OC(=O)C[C@H](O)C(C)(C)C(=O)[C@H](C)[C@H](O)[C@H](C)OCC1. The molecule has 2 heterocycles. The Morgan fingerprint density at radius 3 is 2.53 bits per heavy atom. The Morgan fingerprint density at radius 2 is 1.91 bits per heavy atom. The zero-order valence-electron chi connectivity index (χ0n) is 21.3. The van der Waals surface area contributed by atoms with E-state index < -0.39 is 41.7 Å². The van der Waals surface area contributed by atoms with Crippen LogP contribution in [0.1, 0.15) is 71.5 Å². The number of aliphatic hydroxyl groups excluding tert-OH is 2. The van der Waals surface area contributed by atoms with Crippen molar-refractivity contribution in [1.29, 1.82) is 0 Å². The lowest BCUT2D eigenvalue weighted by molar-refractivity contribution is -0.154. The lowest BCUT2D eigenvalue weighted by atomic mass is 9.74. The van der Waals surface area contributed by atoms with Gasteiger partial charge in [0.1, 0.15) is 11.9 Å². The van der Waals surface area contributed by atoms with Gasteiger partial charge in [-0.25, -0.2) is 4.98 Å². The number of hydrogen-bond acceptors (Lipinski definition) is 8. The molecule has 7 nitrogen and oxygen atoms in total. The van der Waals surface area contributed by atoms with E-state index in [4.69, 9.17) is 9.47 Å². The topological polar surface area (TPSA) is 106 Å². The normalized spacial score (nSPS) is 32.1. The Hall–Kier alpha value is -1.87. The summed E-state index contributed by atoms with van der Waals surface area (Å²) in [6.07, 6.45) is 1.38. The van der Waals surface area contributed by atoms with Gasteiger partial charge in [-0.2, -0.15) is 0 Å². The van der Waals surface area contributed by atoms with Crippen LogP contribution in [0.5, 0.6) is 0 Å². The second-order valence-electron chi connectivity index (χ2n) is 9.86. The number of nitrogens with zero attached hydrogens (tertiary/aromatic N) is 1. The van der Waals surface area contributed by atoms with E-state index >= 15 is 0 Å². The number of ketones is 1. The van der Waals surface area contributed by atoms with Crippen molar-refractivity contribution in [1.82, 2.24) is 4.98 Å². The summed E-state index contributed by atoms with van der Waals surface area (Å²) in [5.74, 6) is -1.67. The van der Waals surface area contributed by atoms with E-state index in [0.29, 0.717) is 19.4 Å². The van der Waals surface area contributed by atoms with Crippen LogP contribution in [0, 0.1) is 18.3 Å². The van der Waals surface area contributed by atoms with Gasteiger partial charge < -0.3 is 19.7 Å². The first-order valence-electron chi connectivity index (χ1n) is 11.8. The highest BCUT2D eigenvalue weighted by molar-refractivity contribution is 7.09. The van der Waals surface area contributed by atoms with Gasteiger partial charge in [0.25, 0.3) is 0 Å². The van der Waals surface area contributed by atoms with Crippen LogP contribution in [0.3, 0.4) is 0 Å². The van der Waals surface area contributed by atoms with Crippen LogP contribution in [-0.2, 0) is 19.1 Å². The number of aliphatic hydroxyl groups is 2. The molecule has 34 heavy (non-hydrogen) atoms. The van der Waals surface area contributed by atoms with Crippen molar-refractivity contribution in [2.75, 3.05) is 6.61 Å². The second kappa shape index (κ2) is 12.2. The molecule has 0 saturated carbocycles. The molecule has 0 radical (unpaired) electrons. The highest BCUT2D eigenvalue weighted by Crippen LogP contribution is 2.31. The van der Waals surface area contributed by atoms with Crippen LogP contribution in [0.25, 0.3) is 6.08 Å². The van der Waals surface area contributed by atoms with Crippen molar-refractivity contribution < 1.29 is 29.3 Å². The fourth-order valence-corrected chi connectivity index (χ4v) is 4.52. The quantitative estimate of drug-likeness (QED) is 0.468. The molecule has 2 rings (SSSR count). The van der Waals surface area contributed by atoms with Crippen molar-refractivity contribution >= 4 is 29.2 Å². The van der Waals surface area contributed by atoms with Gasteiger partial charge in [-0.15, -0.1) is 11.3 Å². The average molecular weight is 494 g/mol. The number of cyclic esters (lactones) is 1. The van der Waals surface area contributed by atoms with Gasteiger partial charge in [-0.1, -0.05) is 32.4 Å². The number of rotatable bonds is 2. The fourth-order valence-electron chi connectivity index (χ4n) is 3.95. The van der Waals surface area contributed by atoms with Crippen LogP contribution in [0.2, 0.25) is 0 Å². The van der Waals surface area contributed by atoms with Gasteiger partial charge in [0.05, 0.1) is 47.5 Å². The fraction of sp³-hybridized carbons (Fsp3) is 0.654. The molecule has 2 N–H and O–H groups in total. The molecule has 190 valence electrons. The van der Waals surface area contributed by atoms with Crippen molar-refractivity contribution in [3.05, 3.63) is 33.3 Å². The number of ether oxygens (including phenoxy) is 2. The zero-order chi connectivity index (χ0) is 25.6. The summed E-state index contributed by atoms with van der Waals surface area (Å²) in [5.41, 5.74) is 1.48. The molecular weight excluding hydrogens is 454 g/mol. The largest absolute Gasteiger partial charge is 0.457 e. The first-order valence-corrected chi connectivity index (χ1v) is 12.7. The molecule has 0 fully saturated rings. The zero-order valence-corrected chi connectivity index (χ0v) is 22.1. The minimum Gasteiger partial charge on any atom is -0.457 e. The molecule has 0 aliphatic carbocycles. The number of carbonyl (C=O) groups is 2. The van der Waals surface area contributed by atoms with Gasteiger partial charge in [-0.3, -0.25) is 9.59 Å². The van der Waals surface area contributed by atoms with E-state index in [1.165, 1.54) is 0 Å². The number of Topliss-reactive ketones (excluding diaryl/α,β-unsaturated/α-hetero) is 1. The number of aryl methyl sites for hydroxylation is 1. The molecule has 1 aliphatic rings. The smallest absolute Gasteiger partial charge is 0.309 e. The Kier molecular flexibility index (Phi) is 10.2. The molecule has 1 aliphatic heterocycles. The highest BCUT2D eigenvalue weighted by Gasteiger charge is 2.42. The second-order valence-corrected chi connectivity index (χ2v) is 10.9. The summed E-state index contributed by atoms with van der Waals surface area (Å²) < 4.78 is 11.6. The molecular formula is C26H39NO6S. The maximum Gasteiger partial charge on any atom is 0.309 e. The van der Waals surface area contributed by atoms with E-state index in [1.54, 1.807) is 39.0 Å². The summed E-state index contributed by atoms with van der Waals surface area (Å²) in [6.45, 7) is 12.7. The number of aromatic nitrogens is 1. The monoisotopic (exact) mass is 493 g/mol. The van der Waals surface area contributed by atoms with Crippen LogP contribution in [0.15, 0.2) is 22.6 Å². The summed E-state index contributed by atoms with van der Waals surface area (Å²) in [7, 11) is 0. The molecule has 0 bridgehead atoms. The van der Waals surface area contributed by atoms with Crippen LogP contribution in [-0.4, -0.2) is 58.0 Å². The maximum absolute atomic E-state index is 13.1. The van der Waals surface area contributed by atoms with Crippen molar-refractivity contribution in [2.45, 2.75) is 92.1 Å². The Bertz CT molecular complexity index is 918. The van der Waals surface area contributed by atoms with E-state index in [9.17, 15) is 19.8 Å². The molecule has 8 heteroatoms. The minimum absolute atomic E-state index is 0.324. The Balaban J connectivity index is 2.33. The van der Waals surface area contributed by atoms with Gasteiger partial charge in [0.2, 0.25) is 0 Å². The van der Waals surface area contributed by atoms with Crippen LogP contribution < -0.4 is 0 Å². The van der Waals surface area contributed by atoms with E-state index in [1.807, 2.05) is 38.3 Å². The first kappa shape index (κ1) is 28.4. The third-order valence-electron chi connectivity index (χ3n) is 6.59. The minimum atomic E-state index is -1.25. The molecule has 1 aromatic rings. The van der Waals surface area contributed by atoms with Crippen LogP contribution in [0.4, 0.5) is 0 Å². The molecule has 1 aromatic heterocycles. The van der Waals surface area contributed by atoms with Gasteiger partial charge >= 0.3 is 5.97 Å². The summed E-state index contributed by atoms with van der Waals surface area (Å²) in [5, 5.41) is 24.3. The first-order chi connectivity index (χ1) is 15.8.